The van der Waals surface area contributed by atoms with E-state index in [1.807, 2.05) is 6.07 Å². The van der Waals surface area contributed by atoms with Gasteiger partial charge >= 0.3 is 0 Å². The van der Waals surface area contributed by atoms with Crippen molar-refractivity contribution in [1.29, 1.82) is 0 Å². The van der Waals surface area contributed by atoms with Crippen LogP contribution < -0.4 is 14.4 Å². The molecule has 0 aliphatic carbocycles. The van der Waals surface area contributed by atoms with Crippen molar-refractivity contribution in [2.24, 2.45) is 0 Å². The molecule has 0 saturated carbocycles. The minimum atomic E-state index is -3.74. The molecular weight excluding hydrogens is 368 g/mol. The highest BCUT2D eigenvalue weighted by Crippen LogP contribution is 2.23. The number of amides is 1. The molecule has 1 N–H and O–H groups in total. The summed E-state index contributed by atoms with van der Waals surface area (Å²) in [4.78, 5) is 19.0. The lowest BCUT2D eigenvalue weighted by molar-refractivity contribution is -0.118. The number of nitrogens with zero attached hydrogens (tertiary/aromatic N) is 3. The van der Waals surface area contributed by atoms with Gasteiger partial charge in [-0.3, -0.25) is 9.52 Å². The van der Waals surface area contributed by atoms with Crippen LogP contribution in [-0.4, -0.2) is 58.0 Å². The standard InChI is InChI=1S/C18H22N4O4S/c1-14-11-16(4-5-17(14)26-2)27(24,25)20-18-6-3-15(12-19-18)22-9-7-21(13-23)8-10-22/h3-6,11-13H,7-10H2,1-2H3,(H,19,20). The van der Waals surface area contributed by atoms with Crippen LogP contribution >= 0.6 is 0 Å². The van der Waals surface area contributed by atoms with E-state index in [1.165, 1.54) is 6.07 Å². The quantitative estimate of drug-likeness (QED) is 0.751. The lowest BCUT2D eigenvalue weighted by atomic mass is 10.2. The Labute approximate surface area is 158 Å². The molecule has 8 nitrogen and oxygen atoms in total. The first kappa shape index (κ1) is 19.0. The Bertz CT molecular complexity index is 907. The maximum Gasteiger partial charge on any atom is 0.263 e. The van der Waals surface area contributed by atoms with Gasteiger partial charge in [0.1, 0.15) is 11.6 Å². The van der Waals surface area contributed by atoms with Crippen LogP contribution in [0.15, 0.2) is 41.4 Å². The molecule has 1 amide bonds. The molecule has 1 fully saturated rings. The number of pyridine rings is 1. The molecule has 1 aromatic heterocycles. The summed E-state index contributed by atoms with van der Waals surface area (Å²) in [5, 5.41) is 0. The van der Waals surface area contributed by atoms with Crippen LogP contribution in [0.2, 0.25) is 0 Å². The molecule has 2 aromatic rings. The summed E-state index contributed by atoms with van der Waals surface area (Å²) in [6.45, 7) is 4.55. The number of methoxy groups -OCH3 is 1. The van der Waals surface area contributed by atoms with Crippen molar-refractivity contribution in [2.75, 3.05) is 42.9 Å². The minimum absolute atomic E-state index is 0.150. The van der Waals surface area contributed by atoms with E-state index in [1.54, 1.807) is 43.3 Å². The number of aryl methyl sites for hydroxylation is 1. The minimum Gasteiger partial charge on any atom is -0.496 e. The van der Waals surface area contributed by atoms with Gasteiger partial charge in [-0.25, -0.2) is 13.4 Å². The number of ether oxygens (including phenoxy) is 1. The Hall–Kier alpha value is -2.81. The monoisotopic (exact) mass is 390 g/mol. The maximum absolute atomic E-state index is 12.6. The molecule has 0 radical (unpaired) electrons. The van der Waals surface area contributed by atoms with E-state index >= 15 is 0 Å². The number of benzene rings is 1. The second kappa shape index (κ2) is 7.83. The fraction of sp³-hybridized carbons (Fsp3) is 0.333. The van der Waals surface area contributed by atoms with Gasteiger partial charge in [-0.05, 0) is 42.8 Å². The summed E-state index contributed by atoms with van der Waals surface area (Å²) in [5.74, 6) is 0.879. The third-order valence-corrected chi connectivity index (χ3v) is 5.84. The van der Waals surface area contributed by atoms with Crippen LogP contribution in [0.1, 0.15) is 5.56 Å². The third kappa shape index (κ3) is 4.30. The average Bonchev–Trinajstić information content (AvgIpc) is 2.68. The van der Waals surface area contributed by atoms with Gasteiger partial charge in [0.2, 0.25) is 6.41 Å². The summed E-state index contributed by atoms with van der Waals surface area (Å²) < 4.78 is 32.8. The number of aromatic nitrogens is 1. The van der Waals surface area contributed by atoms with Crippen molar-refractivity contribution in [2.45, 2.75) is 11.8 Å². The molecule has 1 aliphatic rings. The molecular formula is C18H22N4O4S. The average molecular weight is 390 g/mol. The van der Waals surface area contributed by atoms with E-state index in [9.17, 15) is 13.2 Å². The highest BCUT2D eigenvalue weighted by molar-refractivity contribution is 7.92. The smallest absolute Gasteiger partial charge is 0.263 e. The molecule has 0 unspecified atom stereocenters. The normalized spacial score (nSPS) is 14.7. The second-order valence-corrected chi connectivity index (χ2v) is 7.95. The van der Waals surface area contributed by atoms with Crippen molar-refractivity contribution < 1.29 is 17.9 Å². The Balaban J connectivity index is 1.70. The van der Waals surface area contributed by atoms with E-state index in [4.69, 9.17) is 4.74 Å². The van der Waals surface area contributed by atoms with Crippen molar-refractivity contribution in [3.63, 3.8) is 0 Å². The zero-order chi connectivity index (χ0) is 19.4. The van der Waals surface area contributed by atoms with Gasteiger partial charge < -0.3 is 14.5 Å². The SMILES string of the molecule is COc1ccc(S(=O)(=O)Nc2ccc(N3CCN(C=O)CC3)cn2)cc1C. The molecule has 3 rings (SSSR count). The predicted octanol–water partition coefficient (Wildman–Crippen LogP) is 1.48. The van der Waals surface area contributed by atoms with Crippen LogP contribution in [-0.2, 0) is 14.8 Å². The van der Waals surface area contributed by atoms with Gasteiger partial charge in [-0.1, -0.05) is 0 Å². The van der Waals surface area contributed by atoms with Gasteiger partial charge in [0.05, 0.1) is 23.9 Å². The molecule has 0 spiro atoms. The second-order valence-electron chi connectivity index (χ2n) is 6.27. The van der Waals surface area contributed by atoms with Crippen LogP contribution in [0, 0.1) is 6.92 Å². The Kier molecular flexibility index (Phi) is 5.50. The van der Waals surface area contributed by atoms with Gasteiger partial charge in [0, 0.05) is 26.2 Å². The van der Waals surface area contributed by atoms with Gasteiger partial charge in [0.25, 0.3) is 10.0 Å². The zero-order valence-corrected chi connectivity index (χ0v) is 16.1. The van der Waals surface area contributed by atoms with E-state index < -0.39 is 10.0 Å². The third-order valence-electron chi connectivity index (χ3n) is 4.49. The van der Waals surface area contributed by atoms with E-state index in [0.717, 1.165) is 30.8 Å². The number of hydrogen-bond donors (Lipinski definition) is 1. The first-order valence-corrected chi connectivity index (χ1v) is 9.99. The van der Waals surface area contributed by atoms with E-state index in [2.05, 4.69) is 14.6 Å². The summed E-state index contributed by atoms with van der Waals surface area (Å²) in [7, 11) is -2.20. The van der Waals surface area contributed by atoms with E-state index in [-0.39, 0.29) is 10.7 Å². The lowest BCUT2D eigenvalue weighted by Gasteiger charge is -2.33. The Morgan fingerprint density at radius 2 is 1.89 bits per heavy atom. The predicted molar refractivity (Wildman–Crippen MR) is 103 cm³/mol. The number of nitrogens with one attached hydrogen (secondary N) is 1. The van der Waals surface area contributed by atoms with Gasteiger partial charge in [0.15, 0.2) is 0 Å². The lowest BCUT2D eigenvalue weighted by Crippen LogP contribution is -2.45. The number of sulfonamides is 1. The van der Waals surface area contributed by atoms with E-state index in [0.29, 0.717) is 18.8 Å². The molecule has 9 heteroatoms. The number of carbonyl (C=O) groups excluding carboxylic acids is 1. The van der Waals surface area contributed by atoms with Gasteiger partial charge in [-0.15, -0.1) is 0 Å². The number of carbonyl (C=O) groups is 1. The molecule has 27 heavy (non-hydrogen) atoms. The topological polar surface area (TPSA) is 91.8 Å². The molecule has 1 saturated heterocycles. The highest BCUT2D eigenvalue weighted by Gasteiger charge is 2.18. The van der Waals surface area contributed by atoms with Gasteiger partial charge in [-0.2, -0.15) is 0 Å². The summed E-state index contributed by atoms with van der Waals surface area (Å²) in [6, 6.07) is 8.13. The number of anilines is 2. The first-order valence-electron chi connectivity index (χ1n) is 8.51. The van der Waals surface area contributed by atoms with Crippen molar-refractivity contribution >= 4 is 27.9 Å². The fourth-order valence-electron chi connectivity index (χ4n) is 2.93. The number of piperazine rings is 1. The summed E-state index contributed by atoms with van der Waals surface area (Å²) in [6.07, 6.45) is 2.49. The first-order chi connectivity index (χ1) is 12.9. The summed E-state index contributed by atoms with van der Waals surface area (Å²) in [5.41, 5.74) is 1.63. The molecule has 1 aliphatic heterocycles. The van der Waals surface area contributed by atoms with Crippen molar-refractivity contribution in [3.8, 4) is 5.75 Å². The number of hydrogen-bond acceptors (Lipinski definition) is 6. The maximum atomic E-state index is 12.6. The van der Waals surface area contributed by atoms with Crippen molar-refractivity contribution in [3.05, 3.63) is 42.1 Å². The summed E-state index contributed by atoms with van der Waals surface area (Å²) >= 11 is 0. The van der Waals surface area contributed by atoms with Crippen LogP contribution in [0.25, 0.3) is 0 Å². The molecule has 2 heterocycles. The van der Waals surface area contributed by atoms with Crippen LogP contribution in [0.3, 0.4) is 0 Å². The molecule has 0 atom stereocenters. The van der Waals surface area contributed by atoms with Crippen molar-refractivity contribution in [1.82, 2.24) is 9.88 Å². The fourth-order valence-corrected chi connectivity index (χ4v) is 4.03. The Morgan fingerprint density at radius 1 is 1.15 bits per heavy atom. The number of rotatable bonds is 6. The van der Waals surface area contributed by atoms with Crippen LogP contribution in [0.5, 0.6) is 5.75 Å². The Morgan fingerprint density at radius 3 is 2.44 bits per heavy atom. The highest BCUT2D eigenvalue weighted by atomic mass is 32.2. The molecule has 1 aromatic carbocycles. The molecule has 144 valence electrons. The molecule has 0 bridgehead atoms. The zero-order valence-electron chi connectivity index (χ0n) is 15.3. The largest absolute Gasteiger partial charge is 0.496 e. The van der Waals surface area contributed by atoms with Crippen LogP contribution in [0.4, 0.5) is 11.5 Å².